The maximum Gasteiger partial charge on any atom is 0.317 e. The fraction of sp³-hybridized carbons (Fsp3) is 0.739. The number of carbonyl (C=O) groups excluding carboxylic acids is 2. The summed E-state index contributed by atoms with van der Waals surface area (Å²) in [5.41, 5.74) is 0. The van der Waals surface area contributed by atoms with Crippen molar-refractivity contribution >= 4 is 35.7 Å². The lowest BCUT2D eigenvalue weighted by Gasteiger charge is -2.23. The van der Waals surface area contributed by atoms with Gasteiger partial charge in [0.05, 0.1) is 26.2 Å². The van der Waals surface area contributed by atoms with Crippen molar-refractivity contribution in [2.24, 2.45) is 0 Å². The van der Waals surface area contributed by atoms with Crippen LogP contribution >= 0.6 is 0 Å². The summed E-state index contributed by atoms with van der Waals surface area (Å²) in [6.45, 7) is -2.25. The zero-order valence-electron chi connectivity index (χ0n) is 20.7. The first-order chi connectivity index (χ1) is 17.0. The Labute approximate surface area is 210 Å². The molecule has 0 aromatic heterocycles. The maximum absolute atomic E-state index is 11.3. The molecule has 1 fully saturated rings. The zero-order valence-corrected chi connectivity index (χ0v) is 20.7. The number of aliphatic carboxylic acids is 4. The van der Waals surface area contributed by atoms with Crippen molar-refractivity contribution < 1.29 is 49.2 Å². The first kappa shape index (κ1) is 32.9. The summed E-state index contributed by atoms with van der Waals surface area (Å²) in [5, 5.41) is 36.9. The van der Waals surface area contributed by atoms with Crippen LogP contribution in [0.25, 0.3) is 0 Å². The molecule has 0 saturated carbocycles. The third kappa shape index (κ3) is 21.5. The third-order valence-electron chi connectivity index (χ3n) is 5.25. The zero-order chi connectivity index (χ0) is 27.3. The van der Waals surface area contributed by atoms with Crippen LogP contribution in [0.5, 0.6) is 0 Å². The van der Waals surface area contributed by atoms with Crippen LogP contribution in [-0.2, 0) is 28.8 Å². The van der Waals surface area contributed by atoms with Crippen LogP contribution in [0.3, 0.4) is 0 Å². The monoisotopic (exact) mass is 517 g/mol. The topological polar surface area (TPSA) is 202 Å². The van der Waals surface area contributed by atoms with Crippen molar-refractivity contribution in [2.45, 2.75) is 70.6 Å². The van der Waals surface area contributed by atoms with E-state index in [2.05, 4.69) is 5.32 Å². The summed E-state index contributed by atoms with van der Waals surface area (Å²) >= 11 is 0. The van der Waals surface area contributed by atoms with Crippen molar-refractivity contribution in [1.29, 1.82) is 0 Å². The van der Waals surface area contributed by atoms with Gasteiger partial charge in [-0.2, -0.15) is 0 Å². The van der Waals surface area contributed by atoms with Crippen LogP contribution in [0.15, 0.2) is 0 Å². The predicted molar refractivity (Wildman–Crippen MR) is 127 cm³/mol. The number of hydrogen-bond donors (Lipinski definition) is 5. The number of hydrogen-bond acceptors (Lipinski definition) is 8. The van der Waals surface area contributed by atoms with Crippen molar-refractivity contribution in [3.05, 3.63) is 0 Å². The number of amides is 2. The number of carboxylic acid groups (broad SMARTS) is 4. The van der Waals surface area contributed by atoms with Gasteiger partial charge in [0.1, 0.15) is 0 Å². The van der Waals surface area contributed by atoms with E-state index in [1.165, 1.54) is 32.1 Å². The quantitative estimate of drug-likeness (QED) is 0.242. The molecule has 1 aliphatic rings. The van der Waals surface area contributed by atoms with Gasteiger partial charge in [-0.05, 0) is 12.8 Å². The summed E-state index contributed by atoms with van der Waals surface area (Å²) < 4.78 is 0. The fourth-order valence-electron chi connectivity index (χ4n) is 3.57. The molecule has 13 heteroatoms. The molecule has 206 valence electrons. The van der Waals surface area contributed by atoms with Crippen LogP contribution < -0.4 is 5.32 Å². The lowest BCUT2D eigenvalue weighted by atomic mass is 10.0. The fourth-order valence-corrected chi connectivity index (χ4v) is 3.57. The standard InChI is InChI=1S/C13H23NO2.C10H16N2O8/c15-12-10-8-6-4-2-1-3-5-7-9-11-13(16)14-12;13-7(14)3-11(4-8(15)16)1-2-12(5-9(17)18)6-10(19)20/h1-11H2,(H,14,15,16);1-6H2,(H,13,14)(H,15,16)(H,17,18)(H,19,20). The second kappa shape index (κ2) is 20.2. The molecule has 13 nitrogen and oxygen atoms in total. The Morgan fingerprint density at radius 2 is 0.778 bits per heavy atom. The molecule has 0 spiro atoms. The molecular formula is C23H39N3O10. The van der Waals surface area contributed by atoms with E-state index in [-0.39, 0.29) is 24.9 Å². The highest BCUT2D eigenvalue weighted by atomic mass is 16.4. The average Bonchev–Trinajstić information content (AvgIpc) is 2.74. The van der Waals surface area contributed by atoms with Crippen molar-refractivity contribution in [1.82, 2.24) is 15.1 Å². The van der Waals surface area contributed by atoms with E-state index in [1.54, 1.807) is 0 Å². The summed E-state index contributed by atoms with van der Waals surface area (Å²) in [6.07, 6.45) is 11.4. The Hall–Kier alpha value is -3.06. The van der Waals surface area contributed by atoms with Crippen LogP contribution in [-0.4, -0.2) is 105 Å². The molecule has 36 heavy (non-hydrogen) atoms. The molecule has 0 atom stereocenters. The van der Waals surface area contributed by atoms with Crippen LogP contribution in [0.1, 0.15) is 70.6 Å². The molecule has 1 rings (SSSR count). The van der Waals surface area contributed by atoms with E-state index >= 15 is 0 Å². The van der Waals surface area contributed by atoms with Gasteiger partial charge in [0.15, 0.2) is 0 Å². The number of carboxylic acids is 4. The molecule has 1 saturated heterocycles. The molecule has 0 aromatic carbocycles. The van der Waals surface area contributed by atoms with E-state index in [9.17, 15) is 28.8 Å². The Bertz CT molecular complexity index is 639. The number of imide groups is 1. The van der Waals surface area contributed by atoms with Gasteiger partial charge in [0, 0.05) is 25.9 Å². The lowest BCUT2D eigenvalue weighted by Crippen LogP contribution is -2.43. The lowest BCUT2D eigenvalue weighted by molar-refractivity contribution is -0.145. The highest BCUT2D eigenvalue weighted by Crippen LogP contribution is 2.12. The summed E-state index contributed by atoms with van der Waals surface area (Å²) in [6, 6.07) is 0. The van der Waals surface area contributed by atoms with Crippen LogP contribution in [0.2, 0.25) is 0 Å². The Kier molecular flexibility index (Phi) is 18.5. The average molecular weight is 518 g/mol. The predicted octanol–water partition coefficient (Wildman–Crippen LogP) is 0.863. The minimum atomic E-state index is -1.23. The van der Waals surface area contributed by atoms with Gasteiger partial charge in [0.2, 0.25) is 11.8 Å². The van der Waals surface area contributed by atoms with E-state index in [4.69, 9.17) is 20.4 Å². The molecule has 1 aliphatic heterocycles. The Balaban J connectivity index is 0.000000696. The van der Waals surface area contributed by atoms with Crippen molar-refractivity contribution in [3.8, 4) is 0 Å². The third-order valence-corrected chi connectivity index (χ3v) is 5.25. The van der Waals surface area contributed by atoms with Crippen molar-refractivity contribution in [3.63, 3.8) is 0 Å². The van der Waals surface area contributed by atoms with E-state index in [0.29, 0.717) is 12.8 Å². The van der Waals surface area contributed by atoms with E-state index < -0.39 is 50.1 Å². The molecule has 2 amide bonds. The minimum absolute atomic E-state index is 0.0703. The number of rotatable bonds is 11. The number of carbonyl (C=O) groups is 6. The van der Waals surface area contributed by atoms with Gasteiger partial charge in [-0.1, -0.05) is 44.9 Å². The Morgan fingerprint density at radius 3 is 1.03 bits per heavy atom. The van der Waals surface area contributed by atoms with Gasteiger partial charge in [-0.15, -0.1) is 0 Å². The SMILES string of the molecule is O=C(O)CN(CCN(CC(=O)O)CC(=O)O)CC(=O)O.O=C1CCCCCCCCCCCC(=O)N1. The molecular weight excluding hydrogens is 478 g/mol. The van der Waals surface area contributed by atoms with Crippen LogP contribution in [0.4, 0.5) is 0 Å². The smallest absolute Gasteiger partial charge is 0.317 e. The first-order valence-electron chi connectivity index (χ1n) is 12.1. The normalized spacial score (nSPS) is 15.8. The van der Waals surface area contributed by atoms with Crippen molar-refractivity contribution in [2.75, 3.05) is 39.3 Å². The molecule has 0 unspecified atom stereocenters. The summed E-state index contributed by atoms with van der Waals surface area (Å²) in [7, 11) is 0. The first-order valence-corrected chi connectivity index (χ1v) is 12.1. The van der Waals surface area contributed by atoms with Gasteiger partial charge in [0.25, 0.3) is 0 Å². The van der Waals surface area contributed by atoms with Gasteiger partial charge < -0.3 is 20.4 Å². The number of nitrogens with one attached hydrogen (secondary N) is 1. The van der Waals surface area contributed by atoms with Crippen LogP contribution in [0, 0.1) is 0 Å². The molecule has 0 aliphatic carbocycles. The van der Waals surface area contributed by atoms with E-state index in [1.807, 2.05) is 0 Å². The van der Waals surface area contributed by atoms with E-state index in [0.717, 1.165) is 35.5 Å². The van der Waals surface area contributed by atoms with Gasteiger partial charge >= 0.3 is 23.9 Å². The second-order valence-electron chi connectivity index (χ2n) is 8.65. The minimum Gasteiger partial charge on any atom is -0.480 e. The van der Waals surface area contributed by atoms with Gasteiger partial charge in [-0.3, -0.25) is 43.9 Å². The maximum atomic E-state index is 11.3. The second-order valence-corrected chi connectivity index (χ2v) is 8.65. The largest absolute Gasteiger partial charge is 0.480 e. The Morgan fingerprint density at radius 1 is 0.528 bits per heavy atom. The highest BCUT2D eigenvalue weighted by Gasteiger charge is 2.18. The summed E-state index contributed by atoms with van der Waals surface area (Å²) in [5.74, 6) is -5.10. The summed E-state index contributed by atoms with van der Waals surface area (Å²) in [4.78, 5) is 67.0. The molecule has 0 bridgehead atoms. The van der Waals surface area contributed by atoms with Gasteiger partial charge in [-0.25, -0.2) is 0 Å². The number of nitrogens with zero attached hydrogens (tertiary/aromatic N) is 2. The molecule has 5 N–H and O–H groups in total. The molecule has 1 heterocycles. The molecule has 0 aromatic rings. The molecule has 0 radical (unpaired) electrons. The highest BCUT2D eigenvalue weighted by molar-refractivity contribution is 5.95.